The van der Waals surface area contributed by atoms with Crippen LogP contribution in [-0.2, 0) is 16.0 Å². The molecule has 2 N–H and O–H groups in total. The Morgan fingerprint density at radius 3 is 2.56 bits per heavy atom. The van der Waals surface area contributed by atoms with E-state index in [1.165, 1.54) is 11.8 Å². The molecule has 192 valence electrons. The summed E-state index contributed by atoms with van der Waals surface area (Å²) >= 11 is 13.7. The fourth-order valence-electron chi connectivity index (χ4n) is 3.65. The maximum absolute atomic E-state index is 12.3. The molecular weight excluding hydrogens is 515 g/mol. The normalized spacial score (nSPS) is 13.6. The quantitative estimate of drug-likeness (QED) is 0.141. The number of nitrogens with one attached hydrogen (secondary N) is 1. The minimum Gasteiger partial charge on any atom is -0.481 e. The van der Waals surface area contributed by atoms with Crippen LogP contribution in [0.25, 0.3) is 0 Å². The van der Waals surface area contributed by atoms with Crippen LogP contribution in [0.1, 0.15) is 30.9 Å². The fraction of sp³-hybridized carbons (Fsp3) is 0.321. The van der Waals surface area contributed by atoms with Crippen molar-refractivity contribution in [3.8, 4) is 6.07 Å². The van der Waals surface area contributed by atoms with Crippen molar-refractivity contribution in [1.29, 1.82) is 5.26 Å². The zero-order valence-electron chi connectivity index (χ0n) is 20.6. The van der Waals surface area contributed by atoms with Gasteiger partial charge in [-0.1, -0.05) is 73.2 Å². The molecule has 0 spiro atoms. The summed E-state index contributed by atoms with van der Waals surface area (Å²) in [6, 6.07) is 5.76. The van der Waals surface area contributed by atoms with Crippen LogP contribution in [0.3, 0.4) is 0 Å². The molecule has 0 saturated carbocycles. The van der Waals surface area contributed by atoms with Gasteiger partial charge in [-0.3, -0.25) is 9.59 Å². The molecule has 0 aliphatic carbocycles. The maximum Gasteiger partial charge on any atom is 0.305 e. The molecule has 1 rings (SSSR count). The van der Waals surface area contributed by atoms with Crippen LogP contribution in [0.5, 0.6) is 0 Å². The van der Waals surface area contributed by atoms with Gasteiger partial charge < -0.3 is 10.4 Å². The number of hydrogen-bond acceptors (Lipinski definition) is 4. The Morgan fingerprint density at radius 1 is 1.31 bits per heavy atom. The first-order chi connectivity index (χ1) is 17.0. The average molecular weight is 548 g/mol. The summed E-state index contributed by atoms with van der Waals surface area (Å²) in [7, 11) is 0. The zero-order chi connectivity index (χ0) is 27.3. The van der Waals surface area contributed by atoms with Crippen LogP contribution >= 0.6 is 35.0 Å². The number of rotatable bonds is 15. The predicted octanol–water partition coefficient (Wildman–Crippen LogP) is 6.93. The lowest BCUT2D eigenvalue weighted by molar-refractivity contribution is -0.137. The Kier molecular flexibility index (Phi) is 14.0. The van der Waals surface area contributed by atoms with Crippen LogP contribution in [0, 0.1) is 29.1 Å². The van der Waals surface area contributed by atoms with Crippen molar-refractivity contribution in [2.24, 2.45) is 17.8 Å². The first kappa shape index (κ1) is 31.3. The van der Waals surface area contributed by atoms with Gasteiger partial charge in [-0.2, -0.15) is 5.26 Å². The number of aliphatic carboxylic acids is 1. The number of carbonyl (C=O) groups is 2. The minimum atomic E-state index is -0.969. The highest BCUT2D eigenvalue weighted by Crippen LogP contribution is 2.34. The minimum absolute atomic E-state index is 0.0190. The molecule has 1 aromatic rings. The topological polar surface area (TPSA) is 90.2 Å². The molecule has 0 bridgehead atoms. The Labute approximate surface area is 228 Å². The summed E-state index contributed by atoms with van der Waals surface area (Å²) in [6.45, 7) is 13.8. The number of allylic oxidation sites excluding steroid dienone is 6. The third-order valence-electron chi connectivity index (χ3n) is 5.57. The molecule has 0 saturated heterocycles. The van der Waals surface area contributed by atoms with Crippen LogP contribution in [0.4, 0.5) is 0 Å². The van der Waals surface area contributed by atoms with Gasteiger partial charge in [0.25, 0.3) is 0 Å². The Hall–Kier alpha value is -2.72. The fourth-order valence-corrected chi connectivity index (χ4v) is 4.68. The molecule has 0 aliphatic heterocycles. The van der Waals surface area contributed by atoms with Crippen LogP contribution in [0.2, 0.25) is 5.02 Å². The van der Waals surface area contributed by atoms with Crippen molar-refractivity contribution in [1.82, 2.24) is 5.32 Å². The molecule has 36 heavy (non-hydrogen) atoms. The number of halogens is 2. The molecule has 0 aromatic heterocycles. The second-order valence-corrected chi connectivity index (χ2v) is 9.96. The number of nitriles is 1. The van der Waals surface area contributed by atoms with Crippen LogP contribution in [0.15, 0.2) is 77.8 Å². The first-order valence-electron chi connectivity index (χ1n) is 11.3. The maximum atomic E-state index is 12.3. The number of carboxylic acid groups (broad SMARTS) is 1. The standard InChI is InChI=1S/C28H32Cl2N2O3S/c1-6-21(28(35)32-13-12-26(33)34)9-7-8-18(2)25(19(3)10-11-20(4)29)16-22-14-24(30)15-23(17-31)27(22)36-5/h6-8,10-11,14-15,18,21,25H,1,3-4,9,12-13,16H2,2,5H3,(H,32,35)(H,33,34)/b8-7+,11-10-. The predicted molar refractivity (Wildman–Crippen MR) is 150 cm³/mol. The van der Waals surface area contributed by atoms with Gasteiger partial charge in [-0.25, -0.2) is 0 Å². The van der Waals surface area contributed by atoms with Crippen molar-refractivity contribution in [2.45, 2.75) is 31.1 Å². The SMILES string of the molecule is C=CC(C/C=C/C(C)C(Cc1cc(Cl)cc(C#N)c1SC)C(=C)/C=C\C(=C)Cl)C(=O)NCCC(=O)O. The molecule has 3 atom stereocenters. The van der Waals surface area contributed by atoms with E-state index >= 15 is 0 Å². The van der Waals surface area contributed by atoms with Gasteiger partial charge in [-0.05, 0) is 54.7 Å². The number of benzene rings is 1. The average Bonchev–Trinajstić information content (AvgIpc) is 2.82. The molecule has 0 radical (unpaired) electrons. The highest BCUT2D eigenvalue weighted by atomic mass is 35.5. The third-order valence-corrected chi connectivity index (χ3v) is 6.81. The Morgan fingerprint density at radius 2 is 2.00 bits per heavy atom. The Balaban J connectivity index is 3.13. The molecule has 0 aliphatic rings. The van der Waals surface area contributed by atoms with Crippen molar-refractivity contribution in [2.75, 3.05) is 12.8 Å². The number of hydrogen-bond donors (Lipinski definition) is 2. The van der Waals surface area contributed by atoms with Crippen molar-refractivity contribution in [3.63, 3.8) is 0 Å². The monoisotopic (exact) mass is 546 g/mol. The van der Waals surface area contributed by atoms with Gasteiger partial charge in [0.1, 0.15) is 6.07 Å². The molecule has 1 aromatic carbocycles. The van der Waals surface area contributed by atoms with Crippen LogP contribution in [-0.4, -0.2) is 29.8 Å². The second-order valence-electron chi connectivity index (χ2n) is 8.22. The molecular formula is C28H32Cl2N2O3S. The highest BCUT2D eigenvalue weighted by Gasteiger charge is 2.21. The summed E-state index contributed by atoms with van der Waals surface area (Å²) in [5, 5.41) is 21.8. The molecule has 0 heterocycles. The molecule has 8 heteroatoms. The lowest BCUT2D eigenvalue weighted by Gasteiger charge is -2.24. The van der Waals surface area contributed by atoms with E-state index in [-0.39, 0.29) is 30.7 Å². The van der Waals surface area contributed by atoms with E-state index in [1.807, 2.05) is 30.6 Å². The van der Waals surface area contributed by atoms with Gasteiger partial charge in [-0.15, -0.1) is 18.3 Å². The number of carbonyl (C=O) groups excluding carboxylic acids is 1. The summed E-state index contributed by atoms with van der Waals surface area (Å²) in [5.41, 5.74) is 2.33. The molecule has 5 nitrogen and oxygen atoms in total. The van der Waals surface area contributed by atoms with Crippen molar-refractivity contribution in [3.05, 3.63) is 89.0 Å². The highest BCUT2D eigenvalue weighted by molar-refractivity contribution is 7.98. The zero-order valence-corrected chi connectivity index (χ0v) is 22.9. The van der Waals surface area contributed by atoms with E-state index < -0.39 is 11.9 Å². The van der Waals surface area contributed by atoms with Crippen LogP contribution < -0.4 is 5.32 Å². The summed E-state index contributed by atoms with van der Waals surface area (Å²) in [6.07, 6.45) is 11.8. The van der Waals surface area contributed by atoms with Crippen molar-refractivity contribution >= 4 is 46.8 Å². The Bertz CT molecular complexity index is 1090. The second kappa shape index (κ2) is 16.1. The van der Waals surface area contributed by atoms with Gasteiger partial charge in [0.05, 0.1) is 17.9 Å². The van der Waals surface area contributed by atoms with E-state index in [2.05, 4.69) is 38.0 Å². The number of carboxylic acids is 1. The summed E-state index contributed by atoms with van der Waals surface area (Å²) < 4.78 is 0. The van der Waals surface area contributed by atoms with Crippen molar-refractivity contribution < 1.29 is 14.7 Å². The lowest BCUT2D eigenvalue weighted by atomic mass is 9.81. The van der Waals surface area contributed by atoms with E-state index in [9.17, 15) is 14.9 Å². The van der Waals surface area contributed by atoms with E-state index in [0.29, 0.717) is 28.5 Å². The van der Waals surface area contributed by atoms with Gasteiger partial charge in [0, 0.05) is 21.5 Å². The van der Waals surface area contributed by atoms with Gasteiger partial charge in [0.2, 0.25) is 5.91 Å². The van der Waals surface area contributed by atoms with E-state index in [0.717, 1.165) is 16.0 Å². The lowest BCUT2D eigenvalue weighted by Crippen LogP contribution is -2.31. The van der Waals surface area contributed by atoms with E-state index in [1.54, 1.807) is 18.2 Å². The number of nitrogens with zero attached hydrogens (tertiary/aromatic N) is 1. The number of thioether (sulfide) groups is 1. The summed E-state index contributed by atoms with van der Waals surface area (Å²) in [5.74, 6) is -1.73. The molecule has 0 fully saturated rings. The molecule has 1 amide bonds. The number of amides is 1. The van der Waals surface area contributed by atoms with E-state index in [4.69, 9.17) is 28.3 Å². The van der Waals surface area contributed by atoms with Gasteiger partial charge >= 0.3 is 5.97 Å². The largest absolute Gasteiger partial charge is 0.481 e. The molecule has 3 unspecified atom stereocenters. The first-order valence-corrected chi connectivity index (χ1v) is 13.3. The third kappa shape index (κ3) is 10.5. The van der Waals surface area contributed by atoms with Gasteiger partial charge in [0.15, 0.2) is 0 Å². The smallest absolute Gasteiger partial charge is 0.305 e. The summed E-state index contributed by atoms with van der Waals surface area (Å²) in [4.78, 5) is 23.9.